The molecule has 1 heterocycles. The van der Waals surface area contributed by atoms with Crippen molar-refractivity contribution in [2.45, 2.75) is 0 Å². The van der Waals surface area contributed by atoms with Gasteiger partial charge in [0, 0.05) is 17.1 Å². The van der Waals surface area contributed by atoms with E-state index in [-0.39, 0.29) is 0 Å². The van der Waals surface area contributed by atoms with E-state index in [2.05, 4.69) is 0 Å². The van der Waals surface area contributed by atoms with Gasteiger partial charge < -0.3 is 4.90 Å². The number of fused-ring (bicyclic) bond motifs is 1. The Balaban J connectivity index is 2.56. The summed E-state index contributed by atoms with van der Waals surface area (Å²) in [4.78, 5) is 12.3. The molecule has 1 aromatic carbocycles. The molecule has 0 aromatic heterocycles. The summed E-state index contributed by atoms with van der Waals surface area (Å²) >= 11 is 5.99. The Hall–Kier alpha value is -1.28. The minimum absolute atomic E-state index is 0.555. The van der Waals surface area contributed by atoms with E-state index in [9.17, 15) is 4.79 Å². The summed E-state index contributed by atoms with van der Waals surface area (Å²) in [6.07, 6.45) is 2.65. The van der Waals surface area contributed by atoms with Crippen LogP contribution in [0.5, 0.6) is 0 Å². The predicted octanol–water partition coefficient (Wildman–Crippen LogP) is 2.24. The number of halogens is 1. The number of rotatable bonds is 1. The average molecular weight is 194 g/mol. The molecule has 1 aromatic rings. The van der Waals surface area contributed by atoms with Gasteiger partial charge in [-0.3, -0.25) is 4.79 Å². The molecule has 1 aliphatic rings. The molecule has 1 amide bonds. The third-order valence-corrected chi connectivity index (χ3v) is 2.42. The normalized spacial score (nSPS) is 14.8. The molecule has 0 aliphatic carbocycles. The third kappa shape index (κ3) is 1.33. The summed E-state index contributed by atoms with van der Waals surface area (Å²) in [7, 11) is 0. The van der Waals surface area contributed by atoms with Crippen LogP contribution in [-0.4, -0.2) is 13.0 Å². The van der Waals surface area contributed by atoms with Gasteiger partial charge in [-0.1, -0.05) is 29.8 Å². The largest absolute Gasteiger partial charge is 0.310 e. The zero-order valence-electron chi connectivity index (χ0n) is 6.90. The lowest BCUT2D eigenvalue weighted by atomic mass is 10.1. The minimum atomic E-state index is 0.555. The van der Waals surface area contributed by atoms with Crippen LogP contribution in [0.15, 0.2) is 30.3 Å². The van der Waals surface area contributed by atoms with E-state index in [1.54, 1.807) is 4.90 Å². The van der Waals surface area contributed by atoms with Crippen LogP contribution in [0.25, 0.3) is 5.03 Å². The SMILES string of the molecule is O=CN1CC=C(Cl)c2ccccc21. The highest BCUT2D eigenvalue weighted by atomic mass is 35.5. The molecule has 0 radical (unpaired) electrons. The van der Waals surface area contributed by atoms with Crippen molar-refractivity contribution < 1.29 is 4.79 Å². The summed E-state index contributed by atoms with van der Waals surface area (Å²) in [5, 5.41) is 0.716. The molecule has 0 fully saturated rings. The first-order valence-electron chi connectivity index (χ1n) is 4.00. The van der Waals surface area contributed by atoms with Gasteiger partial charge in [0.2, 0.25) is 6.41 Å². The molecular weight excluding hydrogens is 186 g/mol. The van der Waals surface area contributed by atoms with Crippen LogP contribution in [0.4, 0.5) is 5.69 Å². The summed E-state index contributed by atoms with van der Waals surface area (Å²) in [6.45, 7) is 0.555. The van der Waals surface area contributed by atoms with E-state index < -0.39 is 0 Å². The first-order valence-corrected chi connectivity index (χ1v) is 4.37. The van der Waals surface area contributed by atoms with Crippen molar-refractivity contribution in [3.05, 3.63) is 35.9 Å². The number of amides is 1. The quantitative estimate of drug-likeness (QED) is 0.627. The number of nitrogens with zero attached hydrogens (tertiary/aromatic N) is 1. The highest BCUT2D eigenvalue weighted by Crippen LogP contribution is 2.32. The van der Waals surface area contributed by atoms with Crippen molar-refractivity contribution >= 4 is 28.7 Å². The smallest absolute Gasteiger partial charge is 0.214 e. The van der Waals surface area contributed by atoms with Gasteiger partial charge in [-0.15, -0.1) is 0 Å². The van der Waals surface area contributed by atoms with E-state index in [0.717, 1.165) is 17.7 Å². The highest BCUT2D eigenvalue weighted by molar-refractivity contribution is 6.49. The highest BCUT2D eigenvalue weighted by Gasteiger charge is 2.15. The first kappa shape index (κ1) is 8.32. The lowest BCUT2D eigenvalue weighted by Crippen LogP contribution is -2.24. The van der Waals surface area contributed by atoms with Crippen LogP contribution < -0.4 is 4.90 Å². The fraction of sp³-hybridized carbons (Fsp3) is 0.100. The van der Waals surface area contributed by atoms with Crippen LogP contribution in [0.2, 0.25) is 0 Å². The lowest BCUT2D eigenvalue weighted by Gasteiger charge is -2.23. The van der Waals surface area contributed by atoms with Crippen LogP contribution in [0.1, 0.15) is 5.56 Å². The molecule has 1 aliphatic heterocycles. The number of hydrogen-bond acceptors (Lipinski definition) is 1. The number of benzene rings is 1. The molecule has 0 saturated carbocycles. The molecule has 0 spiro atoms. The Bertz CT molecular complexity index is 373. The summed E-state index contributed by atoms with van der Waals surface area (Å²) < 4.78 is 0. The second-order valence-electron chi connectivity index (χ2n) is 2.83. The topological polar surface area (TPSA) is 20.3 Å². The maximum Gasteiger partial charge on any atom is 0.214 e. The Kier molecular flexibility index (Phi) is 2.07. The summed E-state index contributed by atoms with van der Waals surface area (Å²) in [5.74, 6) is 0. The van der Waals surface area contributed by atoms with Gasteiger partial charge in [0.15, 0.2) is 0 Å². The van der Waals surface area contributed by atoms with Crippen LogP contribution in [0.3, 0.4) is 0 Å². The Morgan fingerprint density at radius 2 is 2.15 bits per heavy atom. The second kappa shape index (κ2) is 3.23. The lowest BCUT2D eigenvalue weighted by molar-refractivity contribution is -0.107. The molecule has 0 atom stereocenters. The molecule has 0 saturated heterocycles. The van der Waals surface area contributed by atoms with Gasteiger partial charge in [0.05, 0.1) is 5.69 Å². The molecule has 3 heteroatoms. The van der Waals surface area contributed by atoms with Crippen molar-refractivity contribution in [2.24, 2.45) is 0 Å². The number of anilines is 1. The van der Waals surface area contributed by atoms with Crippen LogP contribution in [-0.2, 0) is 4.79 Å². The third-order valence-electron chi connectivity index (χ3n) is 2.07. The van der Waals surface area contributed by atoms with Gasteiger partial charge in [-0.05, 0) is 12.1 Å². The van der Waals surface area contributed by atoms with Crippen molar-refractivity contribution in [1.82, 2.24) is 0 Å². The van der Waals surface area contributed by atoms with E-state index in [1.165, 1.54) is 0 Å². The summed E-state index contributed by atoms with van der Waals surface area (Å²) in [5.41, 5.74) is 1.80. The standard InChI is InChI=1S/C10H8ClNO/c11-9-5-6-12(7-13)10-4-2-1-3-8(9)10/h1-5,7H,6H2. The number of carbonyl (C=O) groups is 1. The van der Waals surface area contributed by atoms with Gasteiger partial charge in [-0.25, -0.2) is 0 Å². The zero-order chi connectivity index (χ0) is 9.26. The van der Waals surface area contributed by atoms with E-state index in [4.69, 9.17) is 11.6 Å². The predicted molar refractivity (Wildman–Crippen MR) is 53.7 cm³/mol. The molecule has 13 heavy (non-hydrogen) atoms. The fourth-order valence-electron chi connectivity index (χ4n) is 1.41. The second-order valence-corrected chi connectivity index (χ2v) is 3.23. The molecule has 0 N–H and O–H groups in total. The maximum atomic E-state index is 10.7. The Morgan fingerprint density at radius 3 is 2.92 bits per heavy atom. The van der Waals surface area contributed by atoms with Crippen LogP contribution in [0, 0.1) is 0 Å². The Labute approximate surface area is 81.4 Å². The van der Waals surface area contributed by atoms with E-state index >= 15 is 0 Å². The molecule has 66 valence electrons. The van der Waals surface area contributed by atoms with Gasteiger partial charge in [0.25, 0.3) is 0 Å². The number of hydrogen-bond donors (Lipinski definition) is 0. The average Bonchev–Trinajstić information content (AvgIpc) is 2.19. The maximum absolute atomic E-state index is 10.7. The van der Waals surface area contributed by atoms with Crippen molar-refractivity contribution in [3.63, 3.8) is 0 Å². The van der Waals surface area contributed by atoms with Crippen LogP contribution >= 0.6 is 11.6 Å². The van der Waals surface area contributed by atoms with E-state index in [1.807, 2.05) is 30.3 Å². The first-order chi connectivity index (χ1) is 6.33. The monoisotopic (exact) mass is 193 g/mol. The number of para-hydroxylation sites is 1. The van der Waals surface area contributed by atoms with Gasteiger partial charge >= 0.3 is 0 Å². The minimum Gasteiger partial charge on any atom is -0.310 e. The van der Waals surface area contributed by atoms with Crippen molar-refractivity contribution in [1.29, 1.82) is 0 Å². The molecular formula is C10H8ClNO. The summed E-state index contributed by atoms with van der Waals surface area (Å²) in [6, 6.07) is 7.59. The van der Waals surface area contributed by atoms with Gasteiger partial charge in [-0.2, -0.15) is 0 Å². The van der Waals surface area contributed by atoms with Crippen molar-refractivity contribution in [3.8, 4) is 0 Å². The number of carbonyl (C=O) groups excluding carboxylic acids is 1. The van der Waals surface area contributed by atoms with Gasteiger partial charge in [0.1, 0.15) is 0 Å². The van der Waals surface area contributed by atoms with Crippen molar-refractivity contribution in [2.75, 3.05) is 11.4 Å². The molecule has 2 rings (SSSR count). The van der Waals surface area contributed by atoms with E-state index in [0.29, 0.717) is 11.6 Å². The molecule has 2 nitrogen and oxygen atoms in total. The molecule has 0 unspecified atom stereocenters. The Morgan fingerprint density at radius 1 is 1.38 bits per heavy atom. The molecule has 0 bridgehead atoms. The fourth-order valence-corrected chi connectivity index (χ4v) is 1.64. The zero-order valence-corrected chi connectivity index (χ0v) is 7.66.